The summed E-state index contributed by atoms with van der Waals surface area (Å²) in [4.78, 5) is 16.6. The average Bonchev–Trinajstić information content (AvgIpc) is 3.19. The van der Waals surface area contributed by atoms with E-state index in [2.05, 4.69) is 24.4 Å². The van der Waals surface area contributed by atoms with Gasteiger partial charge in [-0.15, -0.1) is 0 Å². The Bertz CT molecular complexity index is 1120. The monoisotopic (exact) mass is 389 g/mol. The normalized spacial score (nSPS) is 10.9. The maximum absolute atomic E-state index is 13.2. The first-order valence-electron chi connectivity index (χ1n) is 6.99. The molecule has 2 heterocycles. The molecular weight excluding hydrogens is 381 g/mol. The van der Waals surface area contributed by atoms with E-state index in [9.17, 15) is 9.18 Å². The highest BCUT2D eigenvalue weighted by atomic mass is 32.1. The van der Waals surface area contributed by atoms with E-state index in [0.29, 0.717) is 26.4 Å². The van der Waals surface area contributed by atoms with Crippen molar-refractivity contribution in [2.24, 2.45) is 0 Å². The van der Waals surface area contributed by atoms with Gasteiger partial charge in [0.2, 0.25) is 0 Å². The molecule has 0 aliphatic rings. The molecular formula is C15H8FN5OS3. The Hall–Kier alpha value is -2.56. The molecule has 124 valence electrons. The molecule has 0 spiro atoms. The summed E-state index contributed by atoms with van der Waals surface area (Å²) in [7, 11) is 0. The maximum Gasteiger partial charge on any atom is 0.257 e. The van der Waals surface area contributed by atoms with Crippen molar-refractivity contribution < 1.29 is 9.18 Å². The summed E-state index contributed by atoms with van der Waals surface area (Å²) < 4.78 is 22.1. The number of fused-ring (bicyclic) bond motifs is 2. The number of amides is 1. The fraction of sp³-hybridized carbons (Fsp3) is 0. The Kier molecular flexibility index (Phi) is 4.07. The Labute approximate surface area is 154 Å². The zero-order chi connectivity index (χ0) is 17.4. The van der Waals surface area contributed by atoms with Gasteiger partial charge in [-0.05, 0) is 48.6 Å². The van der Waals surface area contributed by atoms with E-state index in [1.807, 2.05) is 0 Å². The lowest BCUT2D eigenvalue weighted by molar-refractivity contribution is 0.0978. The maximum atomic E-state index is 13.2. The standard InChI is InChI=1S/C15H8FN5OS3/c16-8-2-4-10-12(6-8)24-15(17-10)19-14(23)18-13(22)7-1-3-9-11(5-7)21-25-20-9/h1-6H,(H2,17,18,19,22,23). The lowest BCUT2D eigenvalue weighted by Crippen LogP contribution is -2.34. The van der Waals surface area contributed by atoms with E-state index in [4.69, 9.17) is 12.2 Å². The molecule has 0 aliphatic carbocycles. The highest BCUT2D eigenvalue weighted by Crippen LogP contribution is 2.26. The lowest BCUT2D eigenvalue weighted by atomic mass is 10.2. The van der Waals surface area contributed by atoms with Gasteiger partial charge in [0.25, 0.3) is 5.91 Å². The molecule has 2 aromatic carbocycles. The van der Waals surface area contributed by atoms with Crippen LogP contribution in [0.25, 0.3) is 21.3 Å². The Morgan fingerprint density at radius 1 is 1.08 bits per heavy atom. The van der Waals surface area contributed by atoms with Crippen molar-refractivity contribution in [2.45, 2.75) is 0 Å². The quantitative estimate of drug-likeness (QED) is 0.510. The number of halogens is 1. The van der Waals surface area contributed by atoms with Gasteiger partial charge in [-0.25, -0.2) is 9.37 Å². The van der Waals surface area contributed by atoms with Crippen LogP contribution in [0.15, 0.2) is 36.4 Å². The molecule has 0 saturated carbocycles. The summed E-state index contributed by atoms with van der Waals surface area (Å²) in [6.07, 6.45) is 0. The smallest absolute Gasteiger partial charge is 0.257 e. The number of benzene rings is 2. The number of hydrogen-bond donors (Lipinski definition) is 2. The minimum absolute atomic E-state index is 0.112. The fourth-order valence-electron chi connectivity index (χ4n) is 2.18. The number of hydrogen-bond acceptors (Lipinski definition) is 7. The number of aromatic nitrogens is 3. The molecule has 4 aromatic rings. The van der Waals surface area contributed by atoms with Gasteiger partial charge >= 0.3 is 0 Å². The van der Waals surface area contributed by atoms with E-state index in [0.717, 1.165) is 17.2 Å². The van der Waals surface area contributed by atoms with Crippen LogP contribution in [-0.2, 0) is 0 Å². The van der Waals surface area contributed by atoms with Crippen LogP contribution in [0.1, 0.15) is 10.4 Å². The number of anilines is 1. The van der Waals surface area contributed by atoms with Gasteiger partial charge in [-0.2, -0.15) is 8.75 Å². The molecule has 0 radical (unpaired) electrons. The van der Waals surface area contributed by atoms with Crippen LogP contribution >= 0.6 is 35.3 Å². The van der Waals surface area contributed by atoms with Crippen LogP contribution < -0.4 is 10.6 Å². The Balaban J connectivity index is 1.47. The van der Waals surface area contributed by atoms with Gasteiger partial charge in [-0.1, -0.05) is 11.3 Å². The summed E-state index contributed by atoms with van der Waals surface area (Å²) in [5, 5.41) is 6.02. The average molecular weight is 389 g/mol. The zero-order valence-corrected chi connectivity index (χ0v) is 14.8. The van der Waals surface area contributed by atoms with Crippen molar-refractivity contribution >= 4 is 72.7 Å². The molecule has 25 heavy (non-hydrogen) atoms. The van der Waals surface area contributed by atoms with Crippen molar-refractivity contribution in [3.05, 3.63) is 47.8 Å². The van der Waals surface area contributed by atoms with E-state index < -0.39 is 0 Å². The SMILES string of the molecule is O=C(NC(=S)Nc1nc2ccc(F)cc2s1)c1ccc2nsnc2c1. The molecule has 2 aromatic heterocycles. The molecule has 1 amide bonds. The third-order valence-corrected chi connectivity index (χ3v) is 5.01. The van der Waals surface area contributed by atoms with Crippen LogP contribution in [0.5, 0.6) is 0 Å². The van der Waals surface area contributed by atoms with Gasteiger partial charge in [0, 0.05) is 5.56 Å². The fourth-order valence-corrected chi connectivity index (χ4v) is 3.85. The summed E-state index contributed by atoms with van der Waals surface area (Å²) in [5.74, 6) is -0.690. The second-order valence-electron chi connectivity index (χ2n) is 5.01. The van der Waals surface area contributed by atoms with E-state index in [-0.39, 0.29) is 16.8 Å². The number of nitrogens with one attached hydrogen (secondary N) is 2. The van der Waals surface area contributed by atoms with Crippen LogP contribution in [0.3, 0.4) is 0 Å². The number of carbonyl (C=O) groups is 1. The molecule has 0 aliphatic heterocycles. The molecule has 0 saturated heterocycles. The summed E-state index contributed by atoms with van der Waals surface area (Å²) >= 11 is 7.48. The molecule has 10 heteroatoms. The number of nitrogens with zero attached hydrogens (tertiary/aromatic N) is 3. The number of carbonyl (C=O) groups excluding carboxylic acids is 1. The highest BCUT2D eigenvalue weighted by Gasteiger charge is 2.12. The van der Waals surface area contributed by atoms with Crippen molar-refractivity contribution in [1.82, 2.24) is 19.0 Å². The van der Waals surface area contributed by atoms with Crippen molar-refractivity contribution in [3.8, 4) is 0 Å². The predicted octanol–water partition coefficient (Wildman–Crippen LogP) is 3.57. The second kappa shape index (κ2) is 6.39. The van der Waals surface area contributed by atoms with Gasteiger partial charge in [0.15, 0.2) is 10.2 Å². The lowest BCUT2D eigenvalue weighted by Gasteiger charge is -2.06. The predicted molar refractivity (Wildman–Crippen MR) is 101 cm³/mol. The summed E-state index contributed by atoms with van der Waals surface area (Å²) in [5.41, 5.74) is 2.48. The summed E-state index contributed by atoms with van der Waals surface area (Å²) in [6, 6.07) is 9.36. The number of thiocarbonyl (C=S) groups is 1. The first-order valence-corrected chi connectivity index (χ1v) is 8.95. The molecule has 0 bridgehead atoms. The molecule has 6 nitrogen and oxygen atoms in total. The van der Waals surface area contributed by atoms with E-state index in [1.165, 1.54) is 23.5 Å². The highest BCUT2D eigenvalue weighted by molar-refractivity contribution is 7.80. The van der Waals surface area contributed by atoms with Gasteiger partial charge in [-0.3, -0.25) is 10.1 Å². The Morgan fingerprint density at radius 3 is 2.76 bits per heavy atom. The minimum Gasteiger partial charge on any atom is -0.308 e. The van der Waals surface area contributed by atoms with Crippen molar-refractivity contribution in [1.29, 1.82) is 0 Å². The second-order valence-corrected chi connectivity index (χ2v) is 6.97. The summed E-state index contributed by atoms with van der Waals surface area (Å²) in [6.45, 7) is 0. The zero-order valence-electron chi connectivity index (χ0n) is 12.3. The third kappa shape index (κ3) is 3.31. The first kappa shape index (κ1) is 15.9. The third-order valence-electron chi connectivity index (χ3n) is 3.31. The van der Waals surface area contributed by atoms with Crippen LogP contribution in [0.4, 0.5) is 9.52 Å². The van der Waals surface area contributed by atoms with Crippen molar-refractivity contribution in [3.63, 3.8) is 0 Å². The van der Waals surface area contributed by atoms with Crippen LogP contribution in [0.2, 0.25) is 0 Å². The number of rotatable bonds is 2. The number of thiazole rings is 1. The molecule has 0 fully saturated rings. The van der Waals surface area contributed by atoms with Crippen molar-refractivity contribution in [2.75, 3.05) is 5.32 Å². The first-order chi connectivity index (χ1) is 12.1. The molecule has 0 atom stereocenters. The van der Waals surface area contributed by atoms with Crippen LogP contribution in [0, 0.1) is 5.82 Å². The van der Waals surface area contributed by atoms with Crippen LogP contribution in [-0.4, -0.2) is 24.8 Å². The topological polar surface area (TPSA) is 79.8 Å². The molecule has 2 N–H and O–H groups in total. The van der Waals surface area contributed by atoms with E-state index in [1.54, 1.807) is 24.3 Å². The Morgan fingerprint density at radius 2 is 1.88 bits per heavy atom. The van der Waals surface area contributed by atoms with Gasteiger partial charge < -0.3 is 5.32 Å². The minimum atomic E-state index is -0.362. The largest absolute Gasteiger partial charge is 0.308 e. The van der Waals surface area contributed by atoms with Gasteiger partial charge in [0.05, 0.1) is 21.9 Å². The van der Waals surface area contributed by atoms with E-state index >= 15 is 0 Å². The van der Waals surface area contributed by atoms with Gasteiger partial charge in [0.1, 0.15) is 16.9 Å². The molecule has 4 rings (SSSR count). The molecule has 0 unspecified atom stereocenters.